The fraction of sp³-hybridized carbons (Fsp3) is 0.273. The fourth-order valence-electron chi connectivity index (χ4n) is 3.06. The molecular weight excluding hydrogens is 362 g/mol. The number of carbonyl (C=O) groups excluding carboxylic acids is 2. The molecule has 3 rings (SSSR count). The van der Waals surface area contributed by atoms with Gasteiger partial charge in [-0.1, -0.05) is 54.1 Å². The average Bonchev–Trinajstić information content (AvgIpc) is 2.72. The third-order valence-electron chi connectivity index (χ3n) is 4.51. The zero-order valence-electron chi connectivity index (χ0n) is 15.0. The second-order valence-corrected chi connectivity index (χ2v) is 6.93. The van der Waals surface area contributed by atoms with Gasteiger partial charge in [0.1, 0.15) is 0 Å². The van der Waals surface area contributed by atoms with Crippen molar-refractivity contribution in [3.05, 3.63) is 76.8 Å². The van der Waals surface area contributed by atoms with Crippen molar-refractivity contribution in [2.75, 3.05) is 13.1 Å². The number of carbonyl (C=O) groups is 2. The monoisotopic (exact) mass is 383 g/mol. The fourth-order valence-corrected chi connectivity index (χ4v) is 3.19. The second-order valence-electron chi connectivity index (χ2n) is 6.50. The van der Waals surface area contributed by atoms with Gasteiger partial charge in [0.15, 0.2) is 0 Å². The Morgan fingerprint density at radius 1 is 0.963 bits per heavy atom. The van der Waals surface area contributed by atoms with Crippen LogP contribution in [0.25, 0.3) is 6.08 Å². The van der Waals surface area contributed by atoms with Gasteiger partial charge in [-0.15, -0.1) is 0 Å². The van der Waals surface area contributed by atoms with Crippen LogP contribution in [-0.4, -0.2) is 29.9 Å². The van der Waals surface area contributed by atoms with Crippen molar-refractivity contribution in [2.24, 2.45) is 0 Å². The van der Waals surface area contributed by atoms with E-state index >= 15 is 0 Å². The Morgan fingerprint density at radius 2 is 1.63 bits per heavy atom. The van der Waals surface area contributed by atoms with Crippen molar-refractivity contribution in [3.63, 3.8) is 0 Å². The van der Waals surface area contributed by atoms with Gasteiger partial charge in [0.05, 0.1) is 0 Å². The van der Waals surface area contributed by atoms with E-state index in [9.17, 15) is 9.59 Å². The number of piperidine rings is 1. The first-order valence-corrected chi connectivity index (χ1v) is 9.49. The molecule has 0 aliphatic carbocycles. The number of benzene rings is 2. The quantitative estimate of drug-likeness (QED) is 0.557. The minimum absolute atomic E-state index is 0.158. The van der Waals surface area contributed by atoms with E-state index in [1.807, 2.05) is 30.3 Å². The minimum atomic E-state index is -0.924. The zero-order chi connectivity index (χ0) is 19.1. The number of rotatable bonds is 5. The summed E-state index contributed by atoms with van der Waals surface area (Å²) < 4.78 is 5.55. The Morgan fingerprint density at radius 3 is 2.30 bits per heavy atom. The van der Waals surface area contributed by atoms with Crippen LogP contribution >= 0.6 is 11.6 Å². The molecule has 0 bridgehead atoms. The van der Waals surface area contributed by atoms with E-state index < -0.39 is 12.1 Å². The Balaban J connectivity index is 1.73. The van der Waals surface area contributed by atoms with E-state index in [-0.39, 0.29) is 5.91 Å². The molecule has 1 heterocycles. The lowest BCUT2D eigenvalue weighted by atomic mass is 10.1. The molecule has 0 aromatic heterocycles. The van der Waals surface area contributed by atoms with Crippen LogP contribution in [0.5, 0.6) is 0 Å². The van der Waals surface area contributed by atoms with Crippen LogP contribution in [0.2, 0.25) is 5.02 Å². The largest absolute Gasteiger partial charge is 0.444 e. The predicted molar refractivity (Wildman–Crippen MR) is 106 cm³/mol. The summed E-state index contributed by atoms with van der Waals surface area (Å²) >= 11 is 5.86. The summed E-state index contributed by atoms with van der Waals surface area (Å²) in [6.07, 6.45) is 5.15. The highest BCUT2D eigenvalue weighted by molar-refractivity contribution is 6.30. The molecule has 1 aliphatic heterocycles. The van der Waals surface area contributed by atoms with Crippen molar-refractivity contribution < 1.29 is 14.3 Å². The van der Waals surface area contributed by atoms with Crippen molar-refractivity contribution in [1.82, 2.24) is 4.90 Å². The van der Waals surface area contributed by atoms with E-state index in [2.05, 4.69) is 0 Å². The first-order valence-electron chi connectivity index (χ1n) is 9.11. The van der Waals surface area contributed by atoms with E-state index in [4.69, 9.17) is 16.3 Å². The van der Waals surface area contributed by atoms with Crippen molar-refractivity contribution >= 4 is 29.6 Å². The third kappa shape index (κ3) is 5.44. The van der Waals surface area contributed by atoms with Gasteiger partial charge in [0.2, 0.25) is 6.10 Å². The summed E-state index contributed by atoms with van der Waals surface area (Å²) in [5.41, 5.74) is 1.51. The molecule has 1 saturated heterocycles. The van der Waals surface area contributed by atoms with E-state index in [1.165, 1.54) is 6.08 Å². The van der Waals surface area contributed by atoms with Gasteiger partial charge in [0, 0.05) is 29.8 Å². The van der Waals surface area contributed by atoms with E-state index in [1.54, 1.807) is 35.2 Å². The van der Waals surface area contributed by atoms with Crippen LogP contribution in [0, 0.1) is 0 Å². The topological polar surface area (TPSA) is 46.6 Å². The Kier molecular flexibility index (Phi) is 6.66. The number of nitrogens with zero attached hydrogens (tertiary/aromatic N) is 1. The van der Waals surface area contributed by atoms with Gasteiger partial charge >= 0.3 is 5.97 Å². The molecule has 2 aromatic carbocycles. The number of amides is 1. The van der Waals surface area contributed by atoms with Gasteiger partial charge in [-0.2, -0.15) is 0 Å². The van der Waals surface area contributed by atoms with Crippen LogP contribution in [0.1, 0.15) is 36.5 Å². The summed E-state index contributed by atoms with van der Waals surface area (Å²) in [6, 6.07) is 16.3. The van der Waals surface area contributed by atoms with Crippen molar-refractivity contribution in [1.29, 1.82) is 0 Å². The number of hydrogen-bond acceptors (Lipinski definition) is 3. The van der Waals surface area contributed by atoms with Crippen molar-refractivity contribution in [2.45, 2.75) is 25.4 Å². The minimum Gasteiger partial charge on any atom is -0.444 e. The molecule has 27 heavy (non-hydrogen) atoms. The molecule has 2 aromatic rings. The van der Waals surface area contributed by atoms with E-state index in [0.29, 0.717) is 23.7 Å². The lowest BCUT2D eigenvalue weighted by molar-refractivity contribution is -0.157. The standard InChI is InChI=1S/C22H22ClNO3/c23-19-12-9-17(10-13-19)11-14-20(25)27-21(18-7-3-1-4-8-18)22(26)24-15-5-2-6-16-24/h1,3-4,7-14,21H,2,5-6,15-16H2/b14-11+/t21-/m0/s1. The molecule has 4 nitrogen and oxygen atoms in total. The van der Waals surface area contributed by atoms with Crippen LogP contribution in [0.15, 0.2) is 60.7 Å². The summed E-state index contributed by atoms with van der Waals surface area (Å²) in [7, 11) is 0. The van der Waals surface area contributed by atoms with Gasteiger partial charge in [-0.25, -0.2) is 4.79 Å². The molecule has 0 radical (unpaired) electrons. The zero-order valence-corrected chi connectivity index (χ0v) is 15.8. The smallest absolute Gasteiger partial charge is 0.331 e. The average molecular weight is 384 g/mol. The Bertz CT molecular complexity index is 796. The molecule has 0 unspecified atom stereocenters. The van der Waals surface area contributed by atoms with Gasteiger partial charge in [-0.3, -0.25) is 4.79 Å². The number of likely N-dealkylation sites (tertiary alicyclic amines) is 1. The van der Waals surface area contributed by atoms with E-state index in [0.717, 1.165) is 24.8 Å². The molecule has 1 atom stereocenters. The molecule has 0 saturated carbocycles. The Hall–Kier alpha value is -2.59. The number of ether oxygens (including phenoxy) is 1. The number of halogens is 1. The summed E-state index contributed by atoms with van der Waals surface area (Å²) in [5.74, 6) is -0.710. The van der Waals surface area contributed by atoms with Crippen molar-refractivity contribution in [3.8, 4) is 0 Å². The third-order valence-corrected chi connectivity index (χ3v) is 4.76. The van der Waals surface area contributed by atoms with Crippen LogP contribution in [0.4, 0.5) is 0 Å². The summed E-state index contributed by atoms with van der Waals surface area (Å²) in [4.78, 5) is 27.1. The highest BCUT2D eigenvalue weighted by atomic mass is 35.5. The first kappa shape index (κ1) is 19.2. The molecule has 140 valence electrons. The van der Waals surface area contributed by atoms with Crippen LogP contribution in [0.3, 0.4) is 0 Å². The highest BCUT2D eigenvalue weighted by Gasteiger charge is 2.29. The maximum atomic E-state index is 13.0. The summed E-state index contributed by atoms with van der Waals surface area (Å²) in [5, 5.41) is 0.631. The first-order chi connectivity index (χ1) is 13.1. The number of esters is 1. The molecule has 0 N–H and O–H groups in total. The number of hydrogen-bond donors (Lipinski definition) is 0. The normalized spacial score (nSPS) is 15.5. The molecule has 1 amide bonds. The molecule has 1 fully saturated rings. The van der Waals surface area contributed by atoms with Gasteiger partial charge in [0.25, 0.3) is 5.91 Å². The molecule has 5 heteroatoms. The van der Waals surface area contributed by atoms with Crippen LogP contribution < -0.4 is 0 Å². The van der Waals surface area contributed by atoms with Crippen LogP contribution in [-0.2, 0) is 14.3 Å². The maximum Gasteiger partial charge on any atom is 0.331 e. The SMILES string of the molecule is O=C(/C=C/c1ccc(Cl)cc1)O[C@H](C(=O)N1CCCCC1)c1ccccc1. The van der Waals surface area contributed by atoms with Gasteiger partial charge in [-0.05, 0) is 43.0 Å². The lowest BCUT2D eigenvalue weighted by Gasteiger charge is -2.30. The second kappa shape index (κ2) is 9.38. The molecule has 0 spiro atoms. The maximum absolute atomic E-state index is 13.0. The summed E-state index contributed by atoms with van der Waals surface area (Å²) in [6.45, 7) is 1.42. The Labute approximate surface area is 164 Å². The predicted octanol–water partition coefficient (Wildman–Crippen LogP) is 4.65. The lowest BCUT2D eigenvalue weighted by Crippen LogP contribution is -2.40. The highest BCUT2D eigenvalue weighted by Crippen LogP contribution is 2.23. The van der Waals surface area contributed by atoms with Gasteiger partial charge < -0.3 is 9.64 Å². The molecular formula is C22H22ClNO3. The molecule has 1 aliphatic rings.